The number of aryl methyl sites for hydroxylation is 2. The first kappa shape index (κ1) is 39.8. The van der Waals surface area contributed by atoms with Gasteiger partial charge in [0.1, 0.15) is 11.5 Å². The van der Waals surface area contributed by atoms with Crippen LogP contribution in [0.1, 0.15) is 38.8 Å². The molecule has 0 fully saturated rings. The number of ether oxygens (including phenoxy) is 1. The zero-order valence-electron chi connectivity index (χ0n) is 44.6. The van der Waals surface area contributed by atoms with Gasteiger partial charge in [-0.25, -0.2) is 4.98 Å². The van der Waals surface area contributed by atoms with Crippen molar-refractivity contribution in [1.29, 1.82) is 0 Å². The molecule has 12 rings (SSSR count). The minimum absolute atomic E-state index is 0. The van der Waals surface area contributed by atoms with E-state index in [9.17, 15) is 0 Å². The summed E-state index contributed by atoms with van der Waals surface area (Å²) in [6, 6.07) is 58.8. The van der Waals surface area contributed by atoms with E-state index in [1.807, 2.05) is 77.7 Å². The summed E-state index contributed by atoms with van der Waals surface area (Å²) < 4.78 is 60.8. The molecule has 0 aliphatic heterocycles. The molecular formula is C64H48N4O2Pt-2. The zero-order chi connectivity index (χ0) is 51.9. The van der Waals surface area contributed by atoms with E-state index >= 15 is 0 Å². The van der Waals surface area contributed by atoms with Crippen molar-refractivity contribution >= 4 is 27.5 Å². The van der Waals surface area contributed by atoms with E-state index in [1.165, 1.54) is 0 Å². The number of benzene rings is 8. The Balaban J connectivity index is 0.00000616. The summed E-state index contributed by atoms with van der Waals surface area (Å²) in [5.74, 6) is 1.74. The Morgan fingerprint density at radius 1 is 0.648 bits per heavy atom. The van der Waals surface area contributed by atoms with Crippen LogP contribution >= 0.6 is 0 Å². The van der Waals surface area contributed by atoms with Crippen LogP contribution in [0.2, 0.25) is 0 Å². The third-order valence-corrected chi connectivity index (χ3v) is 13.1. The second-order valence-electron chi connectivity index (χ2n) is 18.6. The Morgan fingerprint density at radius 3 is 2.00 bits per heavy atom. The maximum absolute atomic E-state index is 8.47. The number of nitrogens with zero attached hydrogens (tertiary/aromatic N) is 4. The van der Waals surface area contributed by atoms with Crippen LogP contribution < -0.4 is 9.30 Å². The van der Waals surface area contributed by atoms with Gasteiger partial charge in [0.2, 0.25) is 12.0 Å². The first-order valence-corrected chi connectivity index (χ1v) is 23.3. The van der Waals surface area contributed by atoms with Crippen molar-refractivity contribution in [2.24, 2.45) is 7.05 Å². The smallest absolute Gasteiger partial charge is 0.246 e. The van der Waals surface area contributed by atoms with Gasteiger partial charge in [0.15, 0.2) is 0 Å². The van der Waals surface area contributed by atoms with E-state index < -0.39 is 6.04 Å². The van der Waals surface area contributed by atoms with Gasteiger partial charge in [0.05, 0.1) is 25.9 Å². The fourth-order valence-corrected chi connectivity index (χ4v) is 9.55. The summed E-state index contributed by atoms with van der Waals surface area (Å²) in [6.07, 6.45) is 7.21. The molecule has 6 nitrogen and oxygen atoms in total. The van der Waals surface area contributed by atoms with E-state index in [4.69, 9.17) is 21.0 Å². The number of para-hydroxylation sites is 1. The molecular weight excluding hydrogens is 1050 g/mol. The van der Waals surface area contributed by atoms with Gasteiger partial charge in [0, 0.05) is 49.8 Å². The van der Waals surface area contributed by atoms with E-state index in [1.54, 1.807) is 18.4 Å². The van der Waals surface area contributed by atoms with Crippen LogP contribution in [-0.2, 0) is 33.5 Å². The van der Waals surface area contributed by atoms with Crippen molar-refractivity contribution < 1.29 is 41.6 Å². The molecule has 0 radical (unpaired) electrons. The molecule has 0 unspecified atom stereocenters. The Morgan fingerprint density at radius 2 is 1.31 bits per heavy atom. The fourth-order valence-electron chi connectivity index (χ4n) is 9.55. The second kappa shape index (κ2) is 18.4. The van der Waals surface area contributed by atoms with Crippen molar-refractivity contribution in [3.05, 3.63) is 230 Å². The average molecular weight is 1110 g/mol. The molecule has 12 aromatic rings. The largest absolute Gasteiger partial charge is 0.503 e. The molecule has 4 aromatic heterocycles. The summed E-state index contributed by atoms with van der Waals surface area (Å²) in [5.41, 5.74) is 14.5. The molecule has 0 saturated heterocycles. The first-order valence-electron chi connectivity index (χ1n) is 25.8. The standard InChI is InChI=1S/C64H48N4O2.Pt/c1-42-34-60(65-39-56(42)47-30-28-44(29-31-47)43-18-9-6-10-19-43)68-57-27-16-15-24-54(57)55-33-32-50(38-58(55)68)70-51-36-48(35-49(37-51)64(2,3)4)59-40-69-63-62(66(5)41-67(59)63)61-52(45-20-11-7-12-21-45)25-17-26-53(61)46-22-13-8-14-23-46;/h6-35,37,39-40H,1-5H3;/q-2;/i6D,9D,10D,18D,19D;. The van der Waals surface area contributed by atoms with Gasteiger partial charge in [-0.15, -0.1) is 29.1 Å². The number of hydrogen-bond acceptors (Lipinski definition) is 3. The molecule has 8 aromatic carbocycles. The van der Waals surface area contributed by atoms with Gasteiger partial charge < -0.3 is 18.3 Å². The Hall–Kier alpha value is -8.05. The van der Waals surface area contributed by atoms with Crippen molar-refractivity contribution in [2.45, 2.75) is 33.1 Å². The zero-order valence-corrected chi connectivity index (χ0v) is 41.9. The molecule has 0 atom stereocenters. The third kappa shape index (κ3) is 8.28. The molecule has 0 aliphatic carbocycles. The van der Waals surface area contributed by atoms with Gasteiger partial charge in [0.25, 0.3) is 0 Å². The number of rotatable bonds is 9. The minimum Gasteiger partial charge on any atom is -0.503 e. The predicted molar refractivity (Wildman–Crippen MR) is 282 cm³/mol. The Kier molecular flexibility index (Phi) is 10.3. The second-order valence-corrected chi connectivity index (χ2v) is 18.6. The van der Waals surface area contributed by atoms with Gasteiger partial charge in [-0.05, 0) is 79.9 Å². The summed E-state index contributed by atoms with van der Waals surface area (Å²) in [5, 5.41) is 2.04. The summed E-state index contributed by atoms with van der Waals surface area (Å²) in [4.78, 5) is 5.03. The van der Waals surface area contributed by atoms with Crippen molar-refractivity contribution in [1.82, 2.24) is 14.0 Å². The number of imidazole rings is 1. The summed E-state index contributed by atoms with van der Waals surface area (Å²) >= 11 is 0. The van der Waals surface area contributed by atoms with Gasteiger partial charge >= 0.3 is 0 Å². The SMILES string of the molecule is [2H]c1c([2H])c([2H])c(-c2ccc(-c3cnc(-n4c5[c-]c(Oc6[c-]c(-c7coc8c(-c9c(-c%10ccccc%10)cccc9-c9ccccc9)[n+](C)[c-]n78)cc(C(C)(C)C)c6)ccc5c5ccccc54)cc3C)cc2)c([2H])c1[2H].[Pt]. The quantitative estimate of drug-likeness (QED) is 0.107. The van der Waals surface area contributed by atoms with Gasteiger partial charge in [-0.1, -0.05) is 196 Å². The Labute approximate surface area is 435 Å². The molecule has 4 heterocycles. The third-order valence-electron chi connectivity index (χ3n) is 13.1. The number of aromatic nitrogens is 4. The minimum atomic E-state index is -0.414. The van der Waals surface area contributed by atoms with Crippen molar-refractivity contribution in [2.75, 3.05) is 0 Å². The van der Waals surface area contributed by atoms with E-state index in [0.717, 1.165) is 88.8 Å². The van der Waals surface area contributed by atoms with E-state index in [2.05, 4.69) is 141 Å². The van der Waals surface area contributed by atoms with E-state index in [-0.39, 0.29) is 56.2 Å². The normalized spacial score (nSPS) is 12.6. The van der Waals surface area contributed by atoms with Crippen LogP contribution in [0.15, 0.2) is 205 Å². The molecule has 7 heteroatoms. The number of hydrogen-bond donors (Lipinski definition) is 0. The molecule has 0 aliphatic rings. The van der Waals surface area contributed by atoms with Crippen LogP contribution in [-0.4, -0.2) is 14.0 Å². The maximum atomic E-state index is 8.47. The van der Waals surface area contributed by atoms with E-state index in [0.29, 0.717) is 28.6 Å². The van der Waals surface area contributed by atoms with Crippen LogP contribution in [0.25, 0.3) is 100 Å². The van der Waals surface area contributed by atoms with Crippen molar-refractivity contribution in [3.63, 3.8) is 0 Å². The summed E-state index contributed by atoms with van der Waals surface area (Å²) in [6.45, 7) is 8.59. The van der Waals surface area contributed by atoms with Crippen LogP contribution in [0.3, 0.4) is 0 Å². The number of pyridine rings is 1. The molecule has 0 spiro atoms. The first-order chi connectivity index (χ1) is 36.2. The van der Waals surface area contributed by atoms with Gasteiger partial charge in [-0.2, -0.15) is 6.07 Å². The summed E-state index contributed by atoms with van der Waals surface area (Å²) in [7, 11) is 2.01. The van der Waals surface area contributed by atoms with Crippen LogP contribution in [0, 0.1) is 25.4 Å². The number of oxazole rings is 1. The molecule has 0 bridgehead atoms. The predicted octanol–water partition coefficient (Wildman–Crippen LogP) is 15.6. The fraction of sp³-hybridized carbons (Fsp3) is 0.0938. The van der Waals surface area contributed by atoms with Gasteiger partial charge in [-0.3, -0.25) is 4.40 Å². The van der Waals surface area contributed by atoms with Crippen LogP contribution in [0.4, 0.5) is 0 Å². The molecule has 0 saturated carbocycles. The molecule has 348 valence electrons. The van der Waals surface area contributed by atoms with Crippen molar-refractivity contribution in [3.8, 4) is 84.3 Å². The Bertz CT molecular complexity index is 4130. The molecule has 0 amide bonds. The molecule has 0 N–H and O–H groups in total. The topological polar surface area (TPSA) is 48.5 Å². The monoisotopic (exact) mass is 1100 g/mol. The number of fused-ring (bicyclic) bond motifs is 4. The molecule has 71 heavy (non-hydrogen) atoms. The maximum Gasteiger partial charge on any atom is 0.246 e. The average Bonchev–Trinajstić information content (AvgIpc) is 4.09. The van der Waals surface area contributed by atoms with Crippen LogP contribution in [0.5, 0.6) is 11.5 Å².